The molecule has 0 aliphatic carbocycles. The number of hydrogen-bond donors (Lipinski definition) is 1. The number of carbonyl (C=O) groups excluding carboxylic acids is 1. The van der Waals surface area contributed by atoms with Gasteiger partial charge in [-0.15, -0.1) is 0 Å². The zero-order chi connectivity index (χ0) is 13.8. The van der Waals surface area contributed by atoms with Gasteiger partial charge in [0.2, 0.25) is 0 Å². The third-order valence-electron chi connectivity index (χ3n) is 2.17. The highest BCUT2D eigenvalue weighted by atomic mass is 127. The summed E-state index contributed by atoms with van der Waals surface area (Å²) in [5.41, 5.74) is 0. The first kappa shape index (κ1) is 18.1. The molecule has 0 atom stereocenters. The highest BCUT2D eigenvalue weighted by Crippen LogP contribution is 2.18. The third-order valence-corrected chi connectivity index (χ3v) is 3.42. The Kier molecular flexibility index (Phi) is 12.3. The molecule has 0 saturated heterocycles. The zero-order valence-corrected chi connectivity index (χ0v) is 14.4. The molecule has 0 spiro atoms. The van der Waals surface area contributed by atoms with E-state index in [0.29, 0.717) is 8.54 Å². The quantitative estimate of drug-likeness (QED) is 0.170. The predicted octanol–water partition coefficient (Wildman–Crippen LogP) is 3.71. The molecule has 0 saturated carbocycles. The Labute approximate surface area is 135 Å². The normalized spacial score (nSPS) is 11.1. The van der Waals surface area contributed by atoms with Crippen molar-refractivity contribution in [3.8, 4) is 0 Å². The van der Waals surface area contributed by atoms with Gasteiger partial charge in [-0.2, -0.15) is 0 Å². The summed E-state index contributed by atoms with van der Waals surface area (Å²) in [6, 6.07) is 0. The van der Waals surface area contributed by atoms with E-state index in [-0.39, 0.29) is 0 Å². The van der Waals surface area contributed by atoms with Crippen LogP contribution < -0.4 is 0 Å². The summed E-state index contributed by atoms with van der Waals surface area (Å²) in [5.74, 6) is -1.73. The lowest BCUT2D eigenvalue weighted by atomic mass is 10.1. The molecule has 0 aliphatic rings. The van der Waals surface area contributed by atoms with Crippen LogP contribution >= 0.6 is 45.2 Å². The van der Waals surface area contributed by atoms with Crippen molar-refractivity contribution >= 4 is 57.1 Å². The van der Waals surface area contributed by atoms with Gasteiger partial charge in [-0.05, 0) is 12.8 Å². The number of carboxylic acids is 1. The van der Waals surface area contributed by atoms with Crippen LogP contribution in [0.15, 0.2) is 12.2 Å². The van der Waals surface area contributed by atoms with Crippen molar-refractivity contribution in [2.45, 2.75) is 40.5 Å². The van der Waals surface area contributed by atoms with Gasteiger partial charge in [-0.1, -0.05) is 70.9 Å². The Bertz CT molecular complexity index is 277. The van der Waals surface area contributed by atoms with Crippen molar-refractivity contribution in [3.05, 3.63) is 12.2 Å². The number of halogens is 2. The number of ether oxygens (including phenoxy) is 1. The van der Waals surface area contributed by atoms with Gasteiger partial charge in [0.25, 0.3) is 0 Å². The minimum absolute atomic E-state index is 0.365. The fourth-order valence-electron chi connectivity index (χ4n) is 1.29. The van der Waals surface area contributed by atoms with Crippen LogP contribution in [-0.4, -0.2) is 25.6 Å². The number of carboxylic acid groups (broad SMARTS) is 1. The molecule has 0 bridgehead atoms. The van der Waals surface area contributed by atoms with Crippen LogP contribution in [-0.2, 0) is 14.3 Å². The first-order valence-electron chi connectivity index (χ1n) is 5.88. The zero-order valence-electron chi connectivity index (χ0n) is 10.1. The molecule has 0 unspecified atom stereocenters. The van der Waals surface area contributed by atoms with E-state index in [0.717, 1.165) is 31.4 Å². The monoisotopic (exact) mass is 480 g/mol. The molecular formula is C12H18I2O4. The Morgan fingerprint density at radius 2 is 1.67 bits per heavy atom. The van der Waals surface area contributed by atoms with Gasteiger partial charge in [-0.3, -0.25) is 0 Å². The van der Waals surface area contributed by atoms with Gasteiger partial charge in [0.15, 0.2) is 0 Å². The van der Waals surface area contributed by atoms with E-state index >= 15 is 0 Å². The maximum absolute atomic E-state index is 11.0. The molecular weight excluding hydrogens is 462 g/mol. The van der Waals surface area contributed by atoms with E-state index in [1.54, 1.807) is 0 Å². The van der Waals surface area contributed by atoms with Crippen LogP contribution in [0.1, 0.15) is 38.5 Å². The highest BCUT2D eigenvalue weighted by Gasteiger charge is 1.99. The Morgan fingerprint density at radius 1 is 1.06 bits per heavy atom. The minimum atomic E-state index is -1.14. The van der Waals surface area contributed by atoms with Crippen LogP contribution in [0, 0.1) is 0 Å². The molecule has 0 heterocycles. The van der Waals surface area contributed by atoms with Crippen LogP contribution in [0.25, 0.3) is 0 Å². The van der Waals surface area contributed by atoms with Gasteiger partial charge in [-0.25, -0.2) is 9.59 Å². The second kappa shape index (κ2) is 12.2. The van der Waals surface area contributed by atoms with Crippen molar-refractivity contribution < 1.29 is 19.4 Å². The maximum Gasteiger partial charge on any atom is 0.331 e. The number of hydrogen-bond acceptors (Lipinski definition) is 3. The largest absolute Gasteiger partial charge is 0.478 e. The van der Waals surface area contributed by atoms with E-state index in [4.69, 9.17) is 9.84 Å². The summed E-state index contributed by atoms with van der Waals surface area (Å²) in [4.78, 5) is 21.1. The van der Waals surface area contributed by atoms with E-state index < -0.39 is 11.9 Å². The van der Waals surface area contributed by atoms with Crippen molar-refractivity contribution in [2.75, 3.05) is 6.61 Å². The first-order chi connectivity index (χ1) is 8.52. The van der Waals surface area contributed by atoms with Crippen LogP contribution in [0.2, 0.25) is 0 Å². The molecule has 0 aromatic carbocycles. The molecule has 0 fully saturated rings. The molecule has 0 radical (unpaired) electrons. The summed E-state index contributed by atoms with van der Waals surface area (Å²) < 4.78 is 5.56. The lowest BCUT2D eigenvalue weighted by molar-refractivity contribution is -0.138. The Morgan fingerprint density at radius 3 is 2.28 bits per heavy atom. The van der Waals surface area contributed by atoms with Gasteiger partial charge >= 0.3 is 11.9 Å². The molecule has 6 heteroatoms. The third kappa shape index (κ3) is 14.2. The molecule has 18 heavy (non-hydrogen) atoms. The first-order valence-corrected chi connectivity index (χ1v) is 8.37. The molecule has 0 amide bonds. The molecule has 1 N–H and O–H groups in total. The SMILES string of the molecule is O=C(O)C=CC(=O)OCCCCCCCC(I)I. The number of alkyl halides is 2. The second-order valence-corrected chi connectivity index (χ2v) is 9.18. The lowest BCUT2D eigenvalue weighted by Crippen LogP contribution is -2.03. The second-order valence-electron chi connectivity index (χ2n) is 3.79. The lowest BCUT2D eigenvalue weighted by Gasteiger charge is -2.03. The van der Waals surface area contributed by atoms with Gasteiger partial charge in [0.05, 0.1) is 8.54 Å². The Balaban J connectivity index is 3.30. The van der Waals surface area contributed by atoms with Crippen molar-refractivity contribution in [3.63, 3.8) is 0 Å². The molecule has 104 valence electrons. The van der Waals surface area contributed by atoms with E-state index in [1.807, 2.05) is 0 Å². The van der Waals surface area contributed by atoms with Crippen LogP contribution in [0.4, 0.5) is 0 Å². The summed E-state index contributed by atoms with van der Waals surface area (Å²) in [6.45, 7) is 0.365. The summed E-state index contributed by atoms with van der Waals surface area (Å²) in [6.07, 6.45) is 8.47. The molecule has 0 aliphatic heterocycles. The fourth-order valence-corrected chi connectivity index (χ4v) is 2.17. The summed E-state index contributed by atoms with van der Waals surface area (Å²) in [7, 11) is 0. The predicted molar refractivity (Wildman–Crippen MR) is 87.3 cm³/mol. The van der Waals surface area contributed by atoms with Gasteiger partial charge < -0.3 is 9.84 Å². The number of aliphatic carboxylic acids is 1. The average molecular weight is 480 g/mol. The summed E-state index contributed by atoms with van der Waals surface area (Å²) >= 11 is 4.83. The van der Waals surface area contributed by atoms with Crippen molar-refractivity contribution in [1.29, 1.82) is 0 Å². The highest BCUT2D eigenvalue weighted by molar-refractivity contribution is 14.2. The number of esters is 1. The molecule has 4 nitrogen and oxygen atoms in total. The topological polar surface area (TPSA) is 63.6 Å². The standard InChI is InChI=1S/C12H18I2O4/c13-10(14)6-4-2-1-3-5-9-18-12(17)8-7-11(15)16/h7-8,10H,1-6,9H2,(H,15,16). The van der Waals surface area contributed by atoms with Crippen LogP contribution in [0.5, 0.6) is 0 Å². The smallest absolute Gasteiger partial charge is 0.331 e. The summed E-state index contributed by atoms with van der Waals surface area (Å²) in [5, 5.41) is 8.30. The van der Waals surface area contributed by atoms with Gasteiger partial charge in [0.1, 0.15) is 0 Å². The molecule has 0 aromatic heterocycles. The van der Waals surface area contributed by atoms with E-state index in [9.17, 15) is 9.59 Å². The number of unbranched alkanes of at least 4 members (excludes halogenated alkanes) is 4. The fraction of sp³-hybridized carbons (Fsp3) is 0.667. The number of rotatable bonds is 10. The van der Waals surface area contributed by atoms with Gasteiger partial charge in [0, 0.05) is 12.2 Å². The van der Waals surface area contributed by atoms with Crippen LogP contribution in [0.3, 0.4) is 0 Å². The Hall–Kier alpha value is 0.140. The molecule has 0 aromatic rings. The van der Waals surface area contributed by atoms with Crippen molar-refractivity contribution in [1.82, 2.24) is 0 Å². The van der Waals surface area contributed by atoms with E-state index in [1.165, 1.54) is 19.3 Å². The molecule has 0 rings (SSSR count). The minimum Gasteiger partial charge on any atom is -0.478 e. The van der Waals surface area contributed by atoms with Crippen molar-refractivity contribution in [2.24, 2.45) is 0 Å². The maximum atomic E-state index is 11.0. The number of carbonyl (C=O) groups is 2. The average Bonchev–Trinajstić information content (AvgIpc) is 2.29. The van der Waals surface area contributed by atoms with E-state index in [2.05, 4.69) is 45.2 Å².